The van der Waals surface area contributed by atoms with E-state index in [-0.39, 0.29) is 18.9 Å². The van der Waals surface area contributed by atoms with Crippen molar-refractivity contribution in [2.75, 3.05) is 13.2 Å². The second kappa shape index (κ2) is 13.0. The molecule has 0 radical (unpaired) electrons. The van der Waals surface area contributed by atoms with Gasteiger partial charge in [-0.05, 0) is 30.5 Å². The van der Waals surface area contributed by atoms with Crippen LogP contribution in [0.25, 0.3) is 0 Å². The third-order valence-corrected chi connectivity index (χ3v) is 8.56. The van der Waals surface area contributed by atoms with Gasteiger partial charge in [-0.15, -0.1) is 0 Å². The Morgan fingerprint density at radius 3 is 2.41 bits per heavy atom. The maximum absolute atomic E-state index is 14.5. The zero-order chi connectivity index (χ0) is 28.0. The Balaban J connectivity index is 1.61. The van der Waals surface area contributed by atoms with Gasteiger partial charge >= 0.3 is 13.7 Å². The molecule has 0 spiro atoms. The number of benzene rings is 2. The molecule has 2 unspecified atom stereocenters. The Kier molecular flexibility index (Phi) is 9.73. The molecule has 2 aliphatic heterocycles. The van der Waals surface area contributed by atoms with E-state index in [0.717, 1.165) is 5.56 Å². The number of ether oxygens (including phenoxy) is 2. The SMILES string of the molecule is CC(=O)N[C@@H]1[C@@H](O)[C@H](OP(=O)(Oc2ccccc2)N2CCCC2C(=O)OCc2ccccc2)[C@@H](CO)O[C@@H]1O. The van der Waals surface area contributed by atoms with Crippen LogP contribution in [0, 0.1) is 0 Å². The molecule has 2 heterocycles. The van der Waals surface area contributed by atoms with E-state index in [0.29, 0.717) is 12.8 Å². The molecule has 1 amide bonds. The summed E-state index contributed by atoms with van der Waals surface area (Å²) in [7, 11) is -4.44. The lowest BCUT2D eigenvalue weighted by Crippen LogP contribution is -2.64. The summed E-state index contributed by atoms with van der Waals surface area (Å²) in [6.45, 7) is 0.652. The number of hydrogen-bond acceptors (Lipinski definition) is 10. The molecule has 0 aliphatic carbocycles. The molecule has 4 rings (SSSR count). The fraction of sp³-hybridized carbons (Fsp3) is 0.462. The van der Waals surface area contributed by atoms with Crippen LogP contribution in [0.1, 0.15) is 25.3 Å². The first-order valence-electron chi connectivity index (χ1n) is 12.6. The van der Waals surface area contributed by atoms with Crippen LogP contribution in [0.5, 0.6) is 5.75 Å². The molecule has 39 heavy (non-hydrogen) atoms. The number of nitrogens with zero attached hydrogens (tertiary/aromatic N) is 1. The van der Waals surface area contributed by atoms with Gasteiger partial charge in [0.1, 0.15) is 42.8 Å². The predicted octanol–water partition coefficient (Wildman–Crippen LogP) is 1.34. The van der Waals surface area contributed by atoms with E-state index in [1.807, 2.05) is 30.3 Å². The van der Waals surface area contributed by atoms with Crippen LogP contribution in [-0.4, -0.2) is 81.7 Å². The third kappa shape index (κ3) is 7.03. The Bertz CT molecular complexity index is 1150. The monoisotopic (exact) mass is 564 g/mol. The maximum atomic E-state index is 14.5. The van der Waals surface area contributed by atoms with Gasteiger partial charge in [-0.3, -0.25) is 14.1 Å². The van der Waals surface area contributed by atoms with Crippen molar-refractivity contribution >= 4 is 19.6 Å². The first kappa shape index (κ1) is 29.2. The van der Waals surface area contributed by atoms with Crippen molar-refractivity contribution in [2.24, 2.45) is 0 Å². The van der Waals surface area contributed by atoms with Gasteiger partial charge in [0.25, 0.3) is 0 Å². The minimum Gasteiger partial charge on any atom is -0.460 e. The van der Waals surface area contributed by atoms with Crippen LogP contribution in [0.3, 0.4) is 0 Å². The molecule has 2 aromatic rings. The second-order valence-electron chi connectivity index (χ2n) is 9.32. The number of carbonyl (C=O) groups excluding carboxylic acids is 2. The highest BCUT2D eigenvalue weighted by Crippen LogP contribution is 2.57. The van der Waals surface area contributed by atoms with Crippen molar-refractivity contribution < 1.29 is 48.0 Å². The zero-order valence-corrected chi connectivity index (χ0v) is 22.3. The molecule has 12 nitrogen and oxygen atoms in total. The highest BCUT2D eigenvalue weighted by atomic mass is 31.2. The van der Waals surface area contributed by atoms with Gasteiger partial charge in [0.2, 0.25) is 5.91 Å². The molecule has 4 N–H and O–H groups in total. The fourth-order valence-electron chi connectivity index (χ4n) is 4.61. The molecular weight excluding hydrogens is 531 g/mol. The van der Waals surface area contributed by atoms with Crippen LogP contribution >= 0.6 is 7.75 Å². The average molecular weight is 565 g/mol. The van der Waals surface area contributed by atoms with Gasteiger partial charge in [-0.1, -0.05) is 48.5 Å². The fourth-order valence-corrected chi connectivity index (χ4v) is 6.78. The molecule has 0 aromatic heterocycles. The molecule has 0 saturated carbocycles. The Labute approximate surface area is 226 Å². The highest BCUT2D eigenvalue weighted by Gasteiger charge is 2.53. The molecule has 7 atom stereocenters. The van der Waals surface area contributed by atoms with Crippen LogP contribution in [0.15, 0.2) is 60.7 Å². The lowest BCUT2D eigenvalue weighted by Gasteiger charge is -2.43. The van der Waals surface area contributed by atoms with Crippen molar-refractivity contribution in [3.05, 3.63) is 66.2 Å². The lowest BCUT2D eigenvalue weighted by molar-refractivity contribution is -0.250. The largest absolute Gasteiger partial charge is 0.462 e. The molecule has 2 saturated heterocycles. The van der Waals surface area contributed by atoms with Gasteiger partial charge in [-0.2, -0.15) is 4.67 Å². The second-order valence-corrected chi connectivity index (χ2v) is 11.2. The van der Waals surface area contributed by atoms with E-state index < -0.39 is 62.9 Å². The third-order valence-electron chi connectivity index (χ3n) is 6.50. The molecule has 0 bridgehead atoms. The number of para-hydroxylation sites is 1. The number of rotatable bonds is 10. The van der Waals surface area contributed by atoms with E-state index in [1.165, 1.54) is 11.6 Å². The Hall–Kier alpha value is -2.83. The highest BCUT2D eigenvalue weighted by molar-refractivity contribution is 7.51. The summed E-state index contributed by atoms with van der Waals surface area (Å²) in [5.74, 6) is -1.01. The summed E-state index contributed by atoms with van der Waals surface area (Å²) in [4.78, 5) is 24.8. The van der Waals surface area contributed by atoms with E-state index in [4.69, 9.17) is 18.5 Å². The standard InChI is InChI=1S/C26H33N2O10P/c1-17(30)27-22-23(31)24(21(15-29)36-26(22)33)38-39(34,37-19-11-6-3-7-12-19)28-14-8-13-20(28)25(32)35-16-18-9-4-2-5-10-18/h2-7,9-12,20-24,26,29,31,33H,8,13-16H2,1H3,(H,27,30)/t20?,21-,22-,23-,24-,26+,39?/m1/s1. The first-order chi connectivity index (χ1) is 18.7. The molecule has 2 fully saturated rings. The molecule has 2 aromatic carbocycles. The van der Waals surface area contributed by atoms with Crippen molar-refractivity contribution in [3.63, 3.8) is 0 Å². The zero-order valence-electron chi connectivity index (χ0n) is 21.4. The van der Waals surface area contributed by atoms with Gasteiger partial charge in [0, 0.05) is 13.5 Å². The van der Waals surface area contributed by atoms with E-state index in [1.54, 1.807) is 30.3 Å². The topological polar surface area (TPSA) is 164 Å². The van der Waals surface area contributed by atoms with Crippen molar-refractivity contribution in [3.8, 4) is 5.75 Å². The van der Waals surface area contributed by atoms with Gasteiger partial charge in [-0.25, -0.2) is 4.57 Å². The first-order valence-corrected chi connectivity index (χ1v) is 14.1. The van der Waals surface area contributed by atoms with Crippen LogP contribution < -0.4 is 9.84 Å². The van der Waals surface area contributed by atoms with Crippen LogP contribution in [0.4, 0.5) is 0 Å². The van der Waals surface area contributed by atoms with E-state index in [2.05, 4.69) is 5.32 Å². The molecule has 2 aliphatic rings. The van der Waals surface area contributed by atoms with Crippen molar-refractivity contribution in [2.45, 2.75) is 63.1 Å². The maximum Gasteiger partial charge on any atom is 0.462 e. The molecule has 212 valence electrons. The summed E-state index contributed by atoms with van der Waals surface area (Å²) < 4.78 is 38.5. The van der Waals surface area contributed by atoms with Gasteiger partial charge in [0.05, 0.1) is 6.61 Å². The summed E-state index contributed by atoms with van der Waals surface area (Å²) in [5, 5.41) is 33.6. The quantitative estimate of drug-likeness (QED) is 0.243. The average Bonchev–Trinajstić information content (AvgIpc) is 3.43. The summed E-state index contributed by atoms with van der Waals surface area (Å²) in [6, 6.07) is 14.9. The number of aliphatic hydroxyl groups excluding tert-OH is 3. The van der Waals surface area contributed by atoms with Crippen molar-refractivity contribution in [1.29, 1.82) is 0 Å². The number of amides is 1. The number of carbonyl (C=O) groups is 2. The molecular formula is C26H33N2O10P. The van der Waals surface area contributed by atoms with Crippen molar-refractivity contribution in [1.82, 2.24) is 9.99 Å². The summed E-state index contributed by atoms with van der Waals surface area (Å²) in [6.07, 6.45) is -5.34. The van der Waals surface area contributed by atoms with E-state index >= 15 is 0 Å². The number of hydrogen-bond donors (Lipinski definition) is 4. The minimum absolute atomic E-state index is 0.0206. The van der Waals surface area contributed by atoms with Crippen LogP contribution in [-0.2, 0) is 34.8 Å². The van der Waals surface area contributed by atoms with E-state index in [9.17, 15) is 29.5 Å². The smallest absolute Gasteiger partial charge is 0.460 e. The minimum atomic E-state index is -4.44. The number of esters is 1. The van der Waals surface area contributed by atoms with Gasteiger partial charge < -0.3 is 34.6 Å². The van der Waals surface area contributed by atoms with Gasteiger partial charge in [0.15, 0.2) is 6.29 Å². The summed E-state index contributed by atoms with van der Waals surface area (Å²) >= 11 is 0. The number of nitrogens with one attached hydrogen (secondary N) is 1. The number of aliphatic hydroxyl groups is 3. The Morgan fingerprint density at radius 2 is 1.77 bits per heavy atom. The lowest BCUT2D eigenvalue weighted by atomic mass is 9.97. The normalized spacial score (nSPS) is 28.8. The predicted molar refractivity (Wildman–Crippen MR) is 137 cm³/mol. The summed E-state index contributed by atoms with van der Waals surface area (Å²) in [5.41, 5.74) is 0.784. The Morgan fingerprint density at radius 1 is 1.10 bits per heavy atom. The van der Waals surface area contributed by atoms with Crippen LogP contribution in [0.2, 0.25) is 0 Å². The molecule has 13 heteroatoms.